The van der Waals surface area contributed by atoms with Gasteiger partial charge in [0.25, 0.3) is 0 Å². The van der Waals surface area contributed by atoms with Crippen LogP contribution in [0, 0.1) is 11.8 Å². The second-order valence-corrected chi connectivity index (χ2v) is 7.64. The van der Waals surface area contributed by atoms with Gasteiger partial charge in [-0.1, -0.05) is 50.1 Å². The van der Waals surface area contributed by atoms with Crippen LogP contribution in [0.25, 0.3) is 0 Å². The molecule has 1 aromatic rings. The smallest absolute Gasteiger partial charge is 0.226 e. The van der Waals surface area contributed by atoms with Gasteiger partial charge in [-0.15, -0.1) is 0 Å². The number of carbonyl (C=O) groups is 2. The number of rotatable bonds is 4. The quantitative estimate of drug-likeness (QED) is 0.815. The van der Waals surface area contributed by atoms with E-state index in [0.717, 1.165) is 19.3 Å². The Morgan fingerprint density at radius 1 is 1.12 bits per heavy atom. The van der Waals surface area contributed by atoms with Crippen molar-refractivity contribution in [2.24, 2.45) is 11.8 Å². The van der Waals surface area contributed by atoms with Gasteiger partial charge in [0.05, 0.1) is 6.04 Å². The van der Waals surface area contributed by atoms with Crippen molar-refractivity contribution in [1.29, 1.82) is 0 Å². The molecular weight excluding hydrogens is 298 g/mol. The predicted octanol–water partition coefficient (Wildman–Crippen LogP) is 4.52. The second kappa shape index (κ2) is 7.50. The summed E-state index contributed by atoms with van der Waals surface area (Å²) in [7, 11) is 0. The monoisotopic (exact) mass is 327 g/mol. The zero-order valence-electron chi connectivity index (χ0n) is 14.9. The predicted molar refractivity (Wildman–Crippen MR) is 95.5 cm³/mol. The first-order chi connectivity index (χ1) is 11.6. The molecule has 0 N–H and O–H groups in total. The summed E-state index contributed by atoms with van der Waals surface area (Å²) in [6, 6.07) is 10.8. The highest BCUT2D eigenvalue weighted by atomic mass is 16.2. The van der Waals surface area contributed by atoms with E-state index in [-0.39, 0.29) is 23.8 Å². The third kappa shape index (κ3) is 3.55. The van der Waals surface area contributed by atoms with Gasteiger partial charge in [0.1, 0.15) is 5.78 Å². The van der Waals surface area contributed by atoms with Gasteiger partial charge in [-0.05, 0) is 37.7 Å². The molecule has 0 spiro atoms. The molecule has 2 saturated carbocycles. The van der Waals surface area contributed by atoms with Crippen LogP contribution in [0.15, 0.2) is 30.3 Å². The lowest BCUT2D eigenvalue weighted by Crippen LogP contribution is -2.46. The zero-order valence-corrected chi connectivity index (χ0v) is 14.9. The van der Waals surface area contributed by atoms with Crippen molar-refractivity contribution in [2.75, 3.05) is 0 Å². The molecule has 3 nitrogen and oxygen atoms in total. The highest BCUT2D eigenvalue weighted by Crippen LogP contribution is 2.36. The molecule has 3 unspecified atom stereocenters. The molecule has 3 atom stereocenters. The number of nitrogens with zero attached hydrogens (tertiary/aromatic N) is 1. The Kier molecular flexibility index (Phi) is 5.37. The van der Waals surface area contributed by atoms with Crippen molar-refractivity contribution in [3.8, 4) is 0 Å². The highest BCUT2D eigenvalue weighted by molar-refractivity contribution is 5.85. The van der Waals surface area contributed by atoms with E-state index in [2.05, 4.69) is 30.9 Å². The van der Waals surface area contributed by atoms with E-state index < -0.39 is 0 Å². The minimum atomic E-state index is 0.00876. The van der Waals surface area contributed by atoms with Crippen molar-refractivity contribution in [2.45, 2.75) is 70.9 Å². The van der Waals surface area contributed by atoms with Gasteiger partial charge in [-0.25, -0.2) is 0 Å². The van der Waals surface area contributed by atoms with Crippen molar-refractivity contribution in [3.63, 3.8) is 0 Å². The minimum Gasteiger partial charge on any atom is -0.333 e. The van der Waals surface area contributed by atoms with Crippen LogP contribution >= 0.6 is 0 Å². The highest BCUT2D eigenvalue weighted by Gasteiger charge is 2.39. The van der Waals surface area contributed by atoms with Gasteiger partial charge in [-0.2, -0.15) is 0 Å². The summed E-state index contributed by atoms with van der Waals surface area (Å²) in [4.78, 5) is 27.3. The van der Waals surface area contributed by atoms with Gasteiger partial charge in [0, 0.05) is 24.8 Å². The maximum absolute atomic E-state index is 13.4. The van der Waals surface area contributed by atoms with Crippen LogP contribution < -0.4 is 0 Å². The van der Waals surface area contributed by atoms with E-state index in [1.807, 2.05) is 18.2 Å². The lowest BCUT2D eigenvalue weighted by Gasteiger charge is -2.40. The first-order valence-electron chi connectivity index (χ1n) is 9.46. The van der Waals surface area contributed by atoms with E-state index in [4.69, 9.17) is 0 Å². The SMILES string of the molecule is CC1CC(=O)CCC1C(=O)N(C1CCCC1)C(C)c1ccccc1. The summed E-state index contributed by atoms with van der Waals surface area (Å²) >= 11 is 0. The zero-order chi connectivity index (χ0) is 17.1. The Morgan fingerprint density at radius 2 is 1.79 bits per heavy atom. The summed E-state index contributed by atoms with van der Waals surface area (Å²) in [5.41, 5.74) is 1.21. The summed E-state index contributed by atoms with van der Waals surface area (Å²) in [6.45, 7) is 4.23. The standard InChI is InChI=1S/C21H29NO2/c1-15-14-19(23)12-13-20(15)21(24)22(18-10-6-7-11-18)16(2)17-8-4-3-5-9-17/h3-5,8-9,15-16,18,20H,6-7,10-14H2,1-2H3. The fourth-order valence-corrected chi connectivity index (χ4v) is 4.52. The Morgan fingerprint density at radius 3 is 2.42 bits per heavy atom. The maximum atomic E-state index is 13.4. The van der Waals surface area contributed by atoms with Gasteiger partial charge in [0.15, 0.2) is 0 Å². The lowest BCUT2D eigenvalue weighted by atomic mass is 9.78. The van der Waals surface area contributed by atoms with Crippen LogP contribution in [0.5, 0.6) is 0 Å². The van der Waals surface area contributed by atoms with Gasteiger partial charge < -0.3 is 4.90 Å². The van der Waals surface area contributed by atoms with Crippen LogP contribution in [-0.4, -0.2) is 22.6 Å². The molecule has 2 fully saturated rings. The van der Waals surface area contributed by atoms with E-state index in [1.54, 1.807) is 0 Å². The molecule has 24 heavy (non-hydrogen) atoms. The molecule has 1 aromatic carbocycles. The van der Waals surface area contributed by atoms with Crippen LogP contribution in [0.2, 0.25) is 0 Å². The third-order valence-electron chi connectivity index (χ3n) is 5.96. The topological polar surface area (TPSA) is 37.4 Å². The van der Waals surface area contributed by atoms with Crippen LogP contribution in [0.3, 0.4) is 0 Å². The minimum absolute atomic E-state index is 0.00876. The molecule has 0 heterocycles. The molecule has 2 aliphatic carbocycles. The van der Waals surface area contributed by atoms with Crippen LogP contribution in [0.1, 0.15) is 70.4 Å². The fourth-order valence-electron chi connectivity index (χ4n) is 4.52. The molecular formula is C21H29NO2. The summed E-state index contributed by atoms with van der Waals surface area (Å²) < 4.78 is 0. The molecule has 2 aliphatic rings. The molecule has 0 bridgehead atoms. The van der Waals surface area contributed by atoms with Crippen molar-refractivity contribution in [3.05, 3.63) is 35.9 Å². The normalized spacial score (nSPS) is 26.3. The van der Waals surface area contributed by atoms with Crippen molar-refractivity contribution < 1.29 is 9.59 Å². The lowest BCUT2D eigenvalue weighted by molar-refractivity contribution is -0.144. The van der Waals surface area contributed by atoms with Crippen molar-refractivity contribution in [1.82, 2.24) is 4.90 Å². The van der Waals surface area contributed by atoms with Crippen LogP contribution in [-0.2, 0) is 9.59 Å². The van der Waals surface area contributed by atoms with Gasteiger partial charge in [0.2, 0.25) is 5.91 Å². The number of carbonyl (C=O) groups excluding carboxylic acids is 2. The van der Waals surface area contributed by atoms with E-state index in [0.29, 0.717) is 24.7 Å². The molecule has 0 radical (unpaired) electrons. The Balaban J connectivity index is 1.84. The Labute approximate surface area is 145 Å². The number of Topliss-reactive ketones (excluding diaryl/α,β-unsaturated/α-hetero) is 1. The van der Waals surface area contributed by atoms with E-state index in [9.17, 15) is 9.59 Å². The molecule has 0 aliphatic heterocycles. The average Bonchev–Trinajstić information content (AvgIpc) is 3.09. The third-order valence-corrected chi connectivity index (χ3v) is 5.96. The number of hydrogen-bond acceptors (Lipinski definition) is 2. The van der Waals surface area contributed by atoms with Crippen molar-refractivity contribution >= 4 is 11.7 Å². The largest absolute Gasteiger partial charge is 0.333 e. The van der Waals surface area contributed by atoms with Crippen LogP contribution in [0.4, 0.5) is 0 Å². The van der Waals surface area contributed by atoms with E-state index >= 15 is 0 Å². The number of benzene rings is 1. The number of amides is 1. The Bertz CT molecular complexity index is 577. The molecule has 0 aromatic heterocycles. The Hall–Kier alpha value is -1.64. The summed E-state index contributed by atoms with van der Waals surface area (Å²) in [6.07, 6.45) is 6.52. The summed E-state index contributed by atoms with van der Waals surface area (Å²) in [5, 5.41) is 0. The average molecular weight is 327 g/mol. The number of ketones is 1. The first-order valence-corrected chi connectivity index (χ1v) is 9.46. The second-order valence-electron chi connectivity index (χ2n) is 7.64. The van der Waals surface area contributed by atoms with Gasteiger partial charge >= 0.3 is 0 Å². The van der Waals surface area contributed by atoms with E-state index in [1.165, 1.54) is 18.4 Å². The molecule has 3 heteroatoms. The molecule has 130 valence electrons. The molecule has 0 saturated heterocycles. The van der Waals surface area contributed by atoms with Gasteiger partial charge in [-0.3, -0.25) is 9.59 Å². The first kappa shape index (κ1) is 17.2. The summed E-state index contributed by atoms with van der Waals surface area (Å²) in [5.74, 6) is 0.772. The number of hydrogen-bond donors (Lipinski definition) is 0. The fraction of sp³-hybridized carbons (Fsp3) is 0.619. The maximum Gasteiger partial charge on any atom is 0.226 e. The molecule has 3 rings (SSSR count). The molecule has 1 amide bonds.